The number of amides is 1. The summed E-state index contributed by atoms with van der Waals surface area (Å²) < 4.78 is 12.2. The van der Waals surface area contributed by atoms with Crippen molar-refractivity contribution in [1.82, 2.24) is 4.57 Å². The molecule has 186 valence electrons. The summed E-state index contributed by atoms with van der Waals surface area (Å²) in [6.45, 7) is 1.73. The van der Waals surface area contributed by atoms with Gasteiger partial charge in [0, 0.05) is 11.8 Å². The Balaban J connectivity index is 1.66. The molecule has 1 aliphatic rings. The number of nitrogens with zero attached hydrogens (tertiary/aromatic N) is 3. The Morgan fingerprint density at radius 3 is 2.54 bits per heavy atom. The molecule has 0 aliphatic carbocycles. The van der Waals surface area contributed by atoms with E-state index in [2.05, 4.69) is 10.3 Å². The zero-order chi connectivity index (χ0) is 26.1. The van der Waals surface area contributed by atoms with E-state index in [0.717, 1.165) is 11.3 Å². The number of aromatic nitrogens is 1. The van der Waals surface area contributed by atoms with E-state index < -0.39 is 22.4 Å². The number of benzene rings is 2. The highest BCUT2D eigenvalue weighted by molar-refractivity contribution is 7.07. The maximum Gasteiger partial charge on any atom is 0.433 e. The van der Waals surface area contributed by atoms with Crippen molar-refractivity contribution in [3.8, 4) is 5.75 Å². The summed E-state index contributed by atoms with van der Waals surface area (Å²) in [5.74, 6) is -0.0164. The number of hydrogen-bond acceptors (Lipinski definition) is 8. The van der Waals surface area contributed by atoms with Crippen molar-refractivity contribution >= 4 is 34.9 Å². The third-order valence-corrected chi connectivity index (χ3v) is 6.78. The van der Waals surface area contributed by atoms with Crippen LogP contribution in [-0.4, -0.2) is 22.5 Å². The standard InChI is InChI=1S/C26H20N4O6S/c1-15-22(24(31)28-17-6-4-3-5-7-17)23(16-8-10-18(35-2)11-9-16)29-25(32)20(37-26(29)27-15)14-19-12-13-21(36-19)30(33)34/h3-14,23H,1-2H3,(H,28,31)/b20-14+/t23-/m0/s1. The van der Waals surface area contributed by atoms with Crippen LogP contribution in [0.4, 0.5) is 11.6 Å². The number of methoxy groups -OCH3 is 1. The number of rotatable bonds is 6. The lowest BCUT2D eigenvalue weighted by molar-refractivity contribution is -0.402. The number of carbonyl (C=O) groups is 1. The normalized spacial score (nSPS) is 15.2. The van der Waals surface area contributed by atoms with Crippen molar-refractivity contribution in [2.75, 3.05) is 12.4 Å². The van der Waals surface area contributed by atoms with Crippen LogP contribution in [0.5, 0.6) is 5.75 Å². The molecule has 4 aromatic rings. The smallest absolute Gasteiger partial charge is 0.433 e. The molecule has 0 saturated heterocycles. The number of anilines is 1. The van der Waals surface area contributed by atoms with Gasteiger partial charge in [-0.15, -0.1) is 0 Å². The third-order valence-electron chi connectivity index (χ3n) is 5.80. The Hall–Kier alpha value is -4.77. The third kappa shape index (κ3) is 4.59. The van der Waals surface area contributed by atoms with Crippen molar-refractivity contribution in [2.24, 2.45) is 4.99 Å². The van der Waals surface area contributed by atoms with Crippen LogP contribution in [0, 0.1) is 10.1 Å². The van der Waals surface area contributed by atoms with E-state index >= 15 is 0 Å². The molecular weight excluding hydrogens is 496 g/mol. The fourth-order valence-electron chi connectivity index (χ4n) is 4.08. The van der Waals surface area contributed by atoms with Crippen LogP contribution in [0.15, 0.2) is 92.2 Å². The van der Waals surface area contributed by atoms with E-state index in [1.54, 1.807) is 50.4 Å². The lowest BCUT2D eigenvalue weighted by Crippen LogP contribution is -2.40. The highest BCUT2D eigenvalue weighted by Crippen LogP contribution is 2.31. The Kier molecular flexibility index (Phi) is 6.28. The summed E-state index contributed by atoms with van der Waals surface area (Å²) in [5.41, 5.74) is 1.69. The van der Waals surface area contributed by atoms with Gasteiger partial charge in [0.25, 0.3) is 11.5 Å². The molecule has 0 saturated carbocycles. The molecule has 1 N–H and O–H groups in total. The lowest BCUT2D eigenvalue weighted by atomic mass is 9.95. The average Bonchev–Trinajstić information content (AvgIpc) is 3.48. The summed E-state index contributed by atoms with van der Waals surface area (Å²) in [6, 6.07) is 18.0. The van der Waals surface area contributed by atoms with E-state index in [1.807, 2.05) is 18.2 Å². The van der Waals surface area contributed by atoms with E-state index in [4.69, 9.17) is 9.15 Å². The molecule has 0 spiro atoms. The number of allylic oxidation sites excluding steroid dienone is 1. The van der Waals surface area contributed by atoms with Gasteiger partial charge in [-0.2, -0.15) is 0 Å². The topological polar surface area (TPSA) is 129 Å². The minimum Gasteiger partial charge on any atom is -0.497 e. The van der Waals surface area contributed by atoms with Gasteiger partial charge in [0.2, 0.25) is 0 Å². The predicted molar refractivity (Wildman–Crippen MR) is 137 cm³/mol. The molecule has 1 amide bonds. The Bertz CT molecular complexity index is 1710. The largest absolute Gasteiger partial charge is 0.497 e. The van der Waals surface area contributed by atoms with Gasteiger partial charge in [0.05, 0.1) is 35.0 Å². The molecule has 11 heteroatoms. The highest BCUT2D eigenvalue weighted by atomic mass is 32.1. The first-order valence-corrected chi connectivity index (χ1v) is 11.9. The van der Waals surface area contributed by atoms with Gasteiger partial charge in [-0.25, -0.2) is 4.99 Å². The number of nitrogens with one attached hydrogen (secondary N) is 1. The number of thiazole rings is 1. The monoisotopic (exact) mass is 516 g/mol. The van der Waals surface area contributed by atoms with Crippen LogP contribution in [0.2, 0.25) is 0 Å². The molecule has 0 bridgehead atoms. The number of nitro groups is 1. The Morgan fingerprint density at radius 2 is 1.89 bits per heavy atom. The highest BCUT2D eigenvalue weighted by Gasteiger charge is 2.32. The van der Waals surface area contributed by atoms with Crippen LogP contribution in [-0.2, 0) is 4.79 Å². The first-order chi connectivity index (χ1) is 17.9. The Morgan fingerprint density at radius 1 is 1.16 bits per heavy atom. The second kappa shape index (κ2) is 9.70. The number of carbonyl (C=O) groups excluding carboxylic acids is 1. The molecular formula is C26H20N4O6S. The van der Waals surface area contributed by atoms with Crippen molar-refractivity contribution in [2.45, 2.75) is 13.0 Å². The zero-order valence-corrected chi connectivity index (χ0v) is 20.5. The molecule has 5 rings (SSSR count). The molecule has 0 unspecified atom stereocenters. The first kappa shape index (κ1) is 23.9. The molecule has 37 heavy (non-hydrogen) atoms. The molecule has 2 aromatic carbocycles. The summed E-state index contributed by atoms with van der Waals surface area (Å²) in [6.07, 6.45) is 1.44. The number of furan rings is 1. The van der Waals surface area contributed by atoms with E-state index in [9.17, 15) is 19.7 Å². The fourth-order valence-corrected chi connectivity index (χ4v) is 5.11. The molecule has 0 fully saturated rings. The van der Waals surface area contributed by atoms with Gasteiger partial charge in [-0.3, -0.25) is 24.3 Å². The molecule has 1 aliphatic heterocycles. The van der Waals surface area contributed by atoms with Gasteiger partial charge in [0.15, 0.2) is 4.80 Å². The molecule has 3 heterocycles. The number of ether oxygens (including phenoxy) is 1. The molecule has 10 nitrogen and oxygen atoms in total. The van der Waals surface area contributed by atoms with Gasteiger partial charge in [-0.05, 0) is 42.8 Å². The van der Waals surface area contributed by atoms with E-state index in [1.165, 1.54) is 22.8 Å². The number of para-hydroxylation sites is 1. The van der Waals surface area contributed by atoms with Crippen LogP contribution in [0.25, 0.3) is 6.08 Å². The van der Waals surface area contributed by atoms with E-state index in [0.29, 0.717) is 33.1 Å². The lowest BCUT2D eigenvalue weighted by Gasteiger charge is -2.25. The molecule has 0 radical (unpaired) electrons. The van der Waals surface area contributed by atoms with Crippen molar-refractivity contribution in [3.63, 3.8) is 0 Å². The van der Waals surface area contributed by atoms with Crippen LogP contribution < -0.4 is 24.9 Å². The molecule has 1 atom stereocenters. The van der Waals surface area contributed by atoms with Gasteiger partial charge in [-0.1, -0.05) is 41.7 Å². The summed E-state index contributed by atoms with van der Waals surface area (Å²) >= 11 is 1.11. The second-order valence-corrected chi connectivity index (χ2v) is 9.12. The van der Waals surface area contributed by atoms with Gasteiger partial charge in [0.1, 0.15) is 16.4 Å². The SMILES string of the molecule is COc1ccc([C@H]2C(C(=O)Nc3ccccc3)=C(C)N=c3s/c(=C/c4ccc([N+](=O)[O-])o4)c(=O)n32)cc1. The maximum atomic E-state index is 13.6. The summed E-state index contributed by atoms with van der Waals surface area (Å²) in [4.78, 5) is 42.4. The van der Waals surface area contributed by atoms with Gasteiger partial charge < -0.3 is 14.5 Å². The first-order valence-electron chi connectivity index (χ1n) is 11.1. The minimum atomic E-state index is -0.765. The molecule has 2 aromatic heterocycles. The van der Waals surface area contributed by atoms with Crippen LogP contribution in [0.1, 0.15) is 24.3 Å². The maximum absolute atomic E-state index is 13.6. The summed E-state index contributed by atoms with van der Waals surface area (Å²) in [7, 11) is 1.56. The zero-order valence-electron chi connectivity index (χ0n) is 19.7. The van der Waals surface area contributed by atoms with Crippen molar-refractivity contribution in [1.29, 1.82) is 0 Å². The van der Waals surface area contributed by atoms with Crippen LogP contribution >= 0.6 is 11.3 Å². The number of fused-ring (bicyclic) bond motifs is 1. The Labute approximate surface area is 213 Å². The average molecular weight is 517 g/mol. The summed E-state index contributed by atoms with van der Waals surface area (Å²) in [5, 5.41) is 13.9. The second-order valence-electron chi connectivity index (χ2n) is 8.11. The van der Waals surface area contributed by atoms with Gasteiger partial charge >= 0.3 is 5.88 Å². The van der Waals surface area contributed by atoms with Crippen molar-refractivity contribution < 1.29 is 18.9 Å². The minimum absolute atomic E-state index is 0.163. The van der Waals surface area contributed by atoms with E-state index in [-0.39, 0.29) is 16.2 Å². The predicted octanol–water partition coefficient (Wildman–Crippen LogP) is 3.38. The quantitative estimate of drug-likeness (QED) is 0.309. The number of hydrogen-bond donors (Lipinski definition) is 1. The van der Waals surface area contributed by atoms with Crippen molar-refractivity contribution in [3.05, 3.63) is 119 Å². The van der Waals surface area contributed by atoms with Crippen LogP contribution in [0.3, 0.4) is 0 Å². The fraction of sp³-hybridized carbons (Fsp3) is 0.115.